The summed E-state index contributed by atoms with van der Waals surface area (Å²) in [6.07, 6.45) is 4.19. The van der Waals surface area contributed by atoms with Crippen LogP contribution >= 0.6 is 0 Å². The fourth-order valence-electron chi connectivity index (χ4n) is 2.10. The zero-order chi connectivity index (χ0) is 11.5. The van der Waals surface area contributed by atoms with Gasteiger partial charge in [0.2, 0.25) is 0 Å². The van der Waals surface area contributed by atoms with Gasteiger partial charge in [0.1, 0.15) is 0 Å². The Morgan fingerprint density at radius 3 is 2.27 bits per heavy atom. The number of sulfone groups is 1. The largest absolute Gasteiger partial charge is 0.328 e. The van der Waals surface area contributed by atoms with Gasteiger partial charge in [0.25, 0.3) is 0 Å². The molecule has 0 saturated heterocycles. The van der Waals surface area contributed by atoms with Gasteiger partial charge in [0.15, 0.2) is 9.84 Å². The highest BCUT2D eigenvalue weighted by atomic mass is 32.2. The lowest BCUT2D eigenvalue weighted by Crippen LogP contribution is -2.35. The van der Waals surface area contributed by atoms with E-state index in [1.165, 1.54) is 0 Å². The average molecular weight is 233 g/mol. The molecular weight excluding hydrogens is 210 g/mol. The maximum absolute atomic E-state index is 12.0. The van der Waals surface area contributed by atoms with Crippen LogP contribution in [-0.2, 0) is 9.84 Å². The van der Waals surface area contributed by atoms with E-state index >= 15 is 0 Å². The second-order valence-electron chi connectivity index (χ2n) is 4.88. The van der Waals surface area contributed by atoms with Gasteiger partial charge in [-0.3, -0.25) is 0 Å². The van der Waals surface area contributed by atoms with Gasteiger partial charge in [-0.15, -0.1) is 0 Å². The van der Waals surface area contributed by atoms with Gasteiger partial charge >= 0.3 is 0 Å². The highest BCUT2D eigenvalue weighted by Crippen LogP contribution is 2.25. The summed E-state index contributed by atoms with van der Waals surface area (Å²) in [7, 11) is -2.87. The molecule has 2 N–H and O–H groups in total. The van der Waals surface area contributed by atoms with Gasteiger partial charge in [-0.05, 0) is 31.6 Å². The monoisotopic (exact) mass is 233 g/mol. The van der Waals surface area contributed by atoms with Gasteiger partial charge in [-0.2, -0.15) is 0 Å². The third-order valence-electron chi connectivity index (χ3n) is 3.44. The van der Waals surface area contributed by atoms with E-state index < -0.39 is 9.84 Å². The Hall–Kier alpha value is -0.0900. The number of nitrogens with two attached hydrogens (primary N) is 1. The van der Waals surface area contributed by atoms with Gasteiger partial charge in [0, 0.05) is 6.04 Å². The van der Waals surface area contributed by atoms with Crippen LogP contribution < -0.4 is 5.73 Å². The fraction of sp³-hybridized carbons (Fsp3) is 1.00. The molecule has 90 valence electrons. The van der Waals surface area contributed by atoms with E-state index in [0.717, 1.165) is 32.1 Å². The first kappa shape index (κ1) is 13.0. The molecule has 0 bridgehead atoms. The van der Waals surface area contributed by atoms with E-state index in [2.05, 4.69) is 0 Å². The predicted octanol–water partition coefficient (Wildman–Crippen LogP) is 1.72. The molecule has 15 heavy (non-hydrogen) atoms. The molecule has 0 aromatic carbocycles. The first-order chi connectivity index (χ1) is 6.95. The molecule has 1 saturated carbocycles. The standard InChI is InChI=1S/C11H23NO2S/c1-3-9(2)8-15(13,14)11-6-4-10(12)5-7-11/h9-11H,3-8,12H2,1-2H3. The lowest BCUT2D eigenvalue weighted by atomic mass is 9.96. The van der Waals surface area contributed by atoms with Crippen LogP contribution in [0.4, 0.5) is 0 Å². The second kappa shape index (κ2) is 5.30. The smallest absolute Gasteiger partial charge is 0.153 e. The van der Waals surface area contributed by atoms with E-state index in [4.69, 9.17) is 5.73 Å². The van der Waals surface area contributed by atoms with Crippen LogP contribution in [0.5, 0.6) is 0 Å². The molecule has 0 aromatic rings. The molecule has 0 amide bonds. The van der Waals surface area contributed by atoms with Crippen molar-refractivity contribution in [2.75, 3.05) is 5.75 Å². The molecule has 1 fully saturated rings. The molecule has 0 aromatic heterocycles. The number of hydrogen-bond donors (Lipinski definition) is 1. The molecule has 3 nitrogen and oxygen atoms in total. The first-order valence-electron chi connectivity index (χ1n) is 5.92. The predicted molar refractivity (Wildman–Crippen MR) is 63.5 cm³/mol. The third-order valence-corrected chi connectivity index (χ3v) is 5.96. The Bertz CT molecular complexity index is 279. The Labute approximate surface area is 93.3 Å². The van der Waals surface area contributed by atoms with Gasteiger partial charge < -0.3 is 5.73 Å². The molecule has 0 aliphatic heterocycles. The summed E-state index contributed by atoms with van der Waals surface area (Å²) in [4.78, 5) is 0. The zero-order valence-corrected chi connectivity index (χ0v) is 10.6. The van der Waals surface area contributed by atoms with Gasteiger partial charge in [-0.25, -0.2) is 8.42 Å². The van der Waals surface area contributed by atoms with Crippen LogP contribution in [0.15, 0.2) is 0 Å². The summed E-state index contributed by atoms with van der Waals surface area (Å²) in [5.74, 6) is 0.634. The molecular formula is C11H23NO2S. The Morgan fingerprint density at radius 2 is 1.80 bits per heavy atom. The van der Waals surface area contributed by atoms with Crippen molar-refractivity contribution in [3.63, 3.8) is 0 Å². The minimum atomic E-state index is -2.87. The van der Waals surface area contributed by atoms with Crippen LogP contribution in [0.2, 0.25) is 0 Å². The molecule has 1 atom stereocenters. The van der Waals surface area contributed by atoms with Crippen molar-refractivity contribution in [2.24, 2.45) is 11.7 Å². The number of hydrogen-bond acceptors (Lipinski definition) is 3. The second-order valence-corrected chi connectivity index (χ2v) is 7.21. The normalized spacial score (nSPS) is 30.1. The summed E-state index contributed by atoms with van der Waals surface area (Å²) >= 11 is 0. The number of rotatable bonds is 4. The van der Waals surface area contributed by atoms with Crippen molar-refractivity contribution >= 4 is 9.84 Å². The molecule has 1 aliphatic carbocycles. The summed E-state index contributed by atoms with van der Waals surface area (Å²) in [5.41, 5.74) is 5.77. The van der Waals surface area contributed by atoms with E-state index in [1.54, 1.807) is 0 Å². The Morgan fingerprint density at radius 1 is 1.27 bits per heavy atom. The van der Waals surface area contributed by atoms with Gasteiger partial charge in [0.05, 0.1) is 11.0 Å². The Balaban J connectivity index is 2.54. The van der Waals surface area contributed by atoms with Crippen molar-refractivity contribution in [1.29, 1.82) is 0 Å². The molecule has 1 unspecified atom stereocenters. The molecule has 0 spiro atoms. The van der Waals surface area contributed by atoms with Crippen LogP contribution in [-0.4, -0.2) is 25.5 Å². The van der Waals surface area contributed by atoms with Crippen molar-refractivity contribution in [3.05, 3.63) is 0 Å². The molecule has 0 heterocycles. The van der Waals surface area contributed by atoms with E-state index in [0.29, 0.717) is 5.75 Å². The quantitative estimate of drug-likeness (QED) is 0.804. The maximum Gasteiger partial charge on any atom is 0.153 e. The van der Waals surface area contributed by atoms with E-state index in [9.17, 15) is 8.42 Å². The van der Waals surface area contributed by atoms with Crippen LogP contribution in [0.25, 0.3) is 0 Å². The molecule has 1 aliphatic rings. The van der Waals surface area contributed by atoms with Crippen LogP contribution in [0.3, 0.4) is 0 Å². The minimum absolute atomic E-state index is 0.119. The SMILES string of the molecule is CCC(C)CS(=O)(=O)C1CCC(N)CC1. The van der Waals surface area contributed by atoms with Crippen LogP contribution in [0.1, 0.15) is 46.0 Å². The van der Waals surface area contributed by atoms with Crippen molar-refractivity contribution in [2.45, 2.75) is 57.2 Å². The highest BCUT2D eigenvalue weighted by Gasteiger charge is 2.30. The molecule has 4 heteroatoms. The van der Waals surface area contributed by atoms with Crippen molar-refractivity contribution < 1.29 is 8.42 Å². The maximum atomic E-state index is 12.0. The molecule has 0 radical (unpaired) electrons. The zero-order valence-electron chi connectivity index (χ0n) is 9.78. The minimum Gasteiger partial charge on any atom is -0.328 e. The third kappa shape index (κ3) is 3.76. The Kier molecular flexibility index (Phi) is 4.59. The van der Waals surface area contributed by atoms with Gasteiger partial charge in [-0.1, -0.05) is 20.3 Å². The molecule has 1 rings (SSSR count). The average Bonchev–Trinajstić information content (AvgIpc) is 2.17. The summed E-state index contributed by atoms with van der Waals surface area (Å²) in [6, 6.07) is 0.222. The lowest BCUT2D eigenvalue weighted by molar-refractivity contribution is 0.431. The highest BCUT2D eigenvalue weighted by molar-refractivity contribution is 7.92. The summed E-state index contributed by atoms with van der Waals surface area (Å²) < 4.78 is 24.0. The van der Waals surface area contributed by atoms with E-state index in [-0.39, 0.29) is 17.2 Å². The summed E-state index contributed by atoms with van der Waals surface area (Å²) in [6.45, 7) is 4.04. The van der Waals surface area contributed by atoms with Crippen molar-refractivity contribution in [1.82, 2.24) is 0 Å². The van der Waals surface area contributed by atoms with E-state index in [1.807, 2.05) is 13.8 Å². The first-order valence-corrected chi connectivity index (χ1v) is 7.64. The topological polar surface area (TPSA) is 60.2 Å². The summed E-state index contributed by atoms with van der Waals surface area (Å²) in [5, 5.41) is -0.119. The van der Waals surface area contributed by atoms with Crippen LogP contribution in [0, 0.1) is 5.92 Å². The lowest BCUT2D eigenvalue weighted by Gasteiger charge is -2.26. The van der Waals surface area contributed by atoms with Crippen molar-refractivity contribution in [3.8, 4) is 0 Å². The fourth-order valence-corrected chi connectivity index (χ4v) is 4.39.